The first-order chi connectivity index (χ1) is 9.04. The summed E-state index contributed by atoms with van der Waals surface area (Å²) < 4.78 is 4.65. The predicted octanol–water partition coefficient (Wildman–Crippen LogP) is 2.25. The minimum Gasteiger partial charge on any atom is -0.467 e. The quantitative estimate of drug-likeness (QED) is 0.819. The summed E-state index contributed by atoms with van der Waals surface area (Å²) in [6, 6.07) is 6.90. The molecular formula is C13H16ClNO3S. The van der Waals surface area contributed by atoms with Crippen molar-refractivity contribution in [3.8, 4) is 0 Å². The average molecular weight is 302 g/mol. The largest absolute Gasteiger partial charge is 0.467 e. The predicted molar refractivity (Wildman–Crippen MR) is 77.2 cm³/mol. The Labute approximate surface area is 121 Å². The van der Waals surface area contributed by atoms with Crippen LogP contribution in [0, 0.1) is 0 Å². The van der Waals surface area contributed by atoms with Crippen LogP contribution in [0.25, 0.3) is 0 Å². The van der Waals surface area contributed by atoms with Gasteiger partial charge in [0, 0.05) is 23.5 Å². The number of carbonyl (C=O) groups excluding carboxylic acids is 2. The highest BCUT2D eigenvalue weighted by Gasteiger charge is 2.19. The molecule has 0 heterocycles. The zero-order valence-corrected chi connectivity index (χ0v) is 12.4. The number of rotatable bonds is 6. The van der Waals surface area contributed by atoms with Crippen molar-refractivity contribution in [1.29, 1.82) is 0 Å². The van der Waals surface area contributed by atoms with E-state index in [0.717, 1.165) is 5.56 Å². The Bertz CT molecular complexity index is 453. The van der Waals surface area contributed by atoms with E-state index in [1.54, 1.807) is 0 Å². The molecular weight excluding hydrogens is 286 g/mol. The molecule has 0 saturated heterocycles. The fourth-order valence-electron chi connectivity index (χ4n) is 1.46. The van der Waals surface area contributed by atoms with Gasteiger partial charge in [0.25, 0.3) is 0 Å². The molecule has 1 unspecified atom stereocenters. The van der Waals surface area contributed by atoms with Crippen LogP contribution in [0.3, 0.4) is 0 Å². The van der Waals surface area contributed by atoms with Gasteiger partial charge in [-0.1, -0.05) is 29.8 Å². The third-order valence-electron chi connectivity index (χ3n) is 2.36. The van der Waals surface area contributed by atoms with Crippen molar-refractivity contribution in [2.24, 2.45) is 0 Å². The Morgan fingerprint density at radius 1 is 1.42 bits per heavy atom. The van der Waals surface area contributed by atoms with Crippen molar-refractivity contribution in [2.75, 3.05) is 12.9 Å². The van der Waals surface area contributed by atoms with Crippen LogP contribution < -0.4 is 5.32 Å². The third-order valence-corrected chi connectivity index (χ3v) is 3.82. The zero-order chi connectivity index (χ0) is 14.3. The normalized spacial score (nSPS) is 11.7. The van der Waals surface area contributed by atoms with E-state index in [0.29, 0.717) is 16.5 Å². The summed E-state index contributed by atoms with van der Waals surface area (Å²) in [5, 5.41) is 3.26. The molecule has 1 aromatic carbocycles. The molecule has 1 amide bonds. The van der Waals surface area contributed by atoms with Gasteiger partial charge in [0.1, 0.15) is 6.04 Å². The second-order valence-electron chi connectivity index (χ2n) is 3.88. The van der Waals surface area contributed by atoms with E-state index < -0.39 is 12.0 Å². The summed E-state index contributed by atoms with van der Waals surface area (Å²) in [6.45, 7) is 1.37. The molecule has 19 heavy (non-hydrogen) atoms. The van der Waals surface area contributed by atoms with E-state index in [9.17, 15) is 9.59 Å². The topological polar surface area (TPSA) is 55.4 Å². The maximum atomic E-state index is 11.5. The highest BCUT2D eigenvalue weighted by atomic mass is 35.5. The maximum absolute atomic E-state index is 11.5. The Hall–Kier alpha value is -1.20. The maximum Gasteiger partial charge on any atom is 0.329 e. The number of ether oxygens (including phenoxy) is 1. The van der Waals surface area contributed by atoms with E-state index in [4.69, 9.17) is 11.6 Å². The lowest BCUT2D eigenvalue weighted by atomic mass is 10.2. The number of hydrogen-bond acceptors (Lipinski definition) is 4. The van der Waals surface area contributed by atoms with Gasteiger partial charge in [0.05, 0.1) is 7.11 Å². The van der Waals surface area contributed by atoms with Crippen LogP contribution in [0.4, 0.5) is 0 Å². The van der Waals surface area contributed by atoms with Gasteiger partial charge in [-0.05, 0) is 11.6 Å². The monoisotopic (exact) mass is 301 g/mol. The Kier molecular flexibility index (Phi) is 6.73. The lowest BCUT2D eigenvalue weighted by Gasteiger charge is -2.15. The molecule has 0 aliphatic carbocycles. The highest BCUT2D eigenvalue weighted by molar-refractivity contribution is 7.98. The highest BCUT2D eigenvalue weighted by Crippen LogP contribution is 2.21. The van der Waals surface area contributed by atoms with E-state index in [1.165, 1.54) is 25.8 Å². The molecule has 1 atom stereocenters. The first-order valence-corrected chi connectivity index (χ1v) is 7.24. The molecule has 4 nitrogen and oxygen atoms in total. The molecule has 0 radical (unpaired) electrons. The number of halogens is 1. The van der Waals surface area contributed by atoms with Crippen molar-refractivity contribution < 1.29 is 14.3 Å². The van der Waals surface area contributed by atoms with Crippen LogP contribution in [-0.2, 0) is 20.1 Å². The number of amides is 1. The Balaban J connectivity index is 2.50. The second kappa shape index (κ2) is 8.07. The van der Waals surface area contributed by atoms with E-state index in [2.05, 4.69) is 10.1 Å². The van der Waals surface area contributed by atoms with Crippen LogP contribution in [0.5, 0.6) is 0 Å². The first kappa shape index (κ1) is 15.9. The molecule has 0 aliphatic heterocycles. The smallest absolute Gasteiger partial charge is 0.329 e. The third kappa shape index (κ3) is 5.53. The van der Waals surface area contributed by atoms with Gasteiger partial charge in [-0.2, -0.15) is 11.8 Å². The van der Waals surface area contributed by atoms with Crippen LogP contribution in [0.2, 0.25) is 5.02 Å². The van der Waals surface area contributed by atoms with Crippen LogP contribution in [0.15, 0.2) is 24.3 Å². The molecule has 1 N–H and O–H groups in total. The van der Waals surface area contributed by atoms with Gasteiger partial charge in [0.15, 0.2) is 0 Å². The molecule has 1 rings (SSSR count). The van der Waals surface area contributed by atoms with Crippen molar-refractivity contribution in [3.63, 3.8) is 0 Å². The first-order valence-electron chi connectivity index (χ1n) is 5.70. The number of thioether (sulfide) groups is 1. The summed E-state index contributed by atoms with van der Waals surface area (Å²) in [7, 11) is 1.30. The van der Waals surface area contributed by atoms with Gasteiger partial charge in [0.2, 0.25) is 5.91 Å². The van der Waals surface area contributed by atoms with Gasteiger partial charge in [-0.3, -0.25) is 4.79 Å². The van der Waals surface area contributed by atoms with Crippen molar-refractivity contribution >= 4 is 35.2 Å². The molecule has 1 aromatic rings. The molecule has 6 heteroatoms. The van der Waals surface area contributed by atoms with E-state index in [1.807, 2.05) is 24.3 Å². The van der Waals surface area contributed by atoms with E-state index >= 15 is 0 Å². The molecule has 0 aliphatic rings. The summed E-state index contributed by atoms with van der Waals surface area (Å²) in [4.78, 5) is 22.5. The van der Waals surface area contributed by atoms with Gasteiger partial charge >= 0.3 is 5.97 Å². The van der Waals surface area contributed by atoms with Crippen molar-refractivity contribution in [1.82, 2.24) is 5.32 Å². The summed E-state index contributed by atoms with van der Waals surface area (Å²) in [5.74, 6) is 0.417. The fraction of sp³-hybridized carbons (Fsp3) is 0.385. The zero-order valence-electron chi connectivity index (χ0n) is 10.8. The summed E-state index contributed by atoms with van der Waals surface area (Å²) in [5.41, 5.74) is 1.00. The summed E-state index contributed by atoms with van der Waals surface area (Å²) in [6.07, 6.45) is 0. The molecule has 0 bridgehead atoms. The number of nitrogens with one attached hydrogen (secondary N) is 1. The Morgan fingerprint density at radius 2 is 2.11 bits per heavy atom. The lowest BCUT2D eigenvalue weighted by molar-refractivity contribution is -0.144. The average Bonchev–Trinajstić information content (AvgIpc) is 2.38. The number of carbonyl (C=O) groups is 2. The summed E-state index contributed by atoms with van der Waals surface area (Å²) >= 11 is 7.55. The SMILES string of the molecule is COC(=O)C(CSCc1ccccc1Cl)NC(C)=O. The Morgan fingerprint density at radius 3 is 2.68 bits per heavy atom. The second-order valence-corrected chi connectivity index (χ2v) is 5.32. The van der Waals surface area contributed by atoms with E-state index in [-0.39, 0.29) is 5.91 Å². The number of methoxy groups -OCH3 is 1. The lowest BCUT2D eigenvalue weighted by Crippen LogP contribution is -2.42. The number of esters is 1. The van der Waals surface area contributed by atoms with Crippen molar-refractivity contribution in [2.45, 2.75) is 18.7 Å². The molecule has 0 aromatic heterocycles. The molecule has 0 saturated carbocycles. The van der Waals surface area contributed by atoms with Gasteiger partial charge < -0.3 is 10.1 Å². The molecule has 0 spiro atoms. The standard InChI is InChI=1S/C13H16ClNO3S/c1-9(16)15-12(13(17)18-2)8-19-7-10-5-3-4-6-11(10)14/h3-6,12H,7-8H2,1-2H3,(H,15,16). The van der Waals surface area contributed by atoms with Gasteiger partial charge in [-0.15, -0.1) is 0 Å². The minimum absolute atomic E-state index is 0.256. The van der Waals surface area contributed by atoms with Crippen molar-refractivity contribution in [3.05, 3.63) is 34.9 Å². The minimum atomic E-state index is -0.630. The number of benzene rings is 1. The van der Waals surface area contributed by atoms with Crippen LogP contribution in [0.1, 0.15) is 12.5 Å². The van der Waals surface area contributed by atoms with Crippen LogP contribution >= 0.6 is 23.4 Å². The molecule has 104 valence electrons. The van der Waals surface area contributed by atoms with Crippen LogP contribution in [-0.4, -0.2) is 30.8 Å². The fourth-order valence-corrected chi connectivity index (χ4v) is 2.78. The van der Waals surface area contributed by atoms with Gasteiger partial charge in [-0.25, -0.2) is 4.79 Å². The molecule has 0 fully saturated rings. The number of hydrogen-bond donors (Lipinski definition) is 1.